The highest BCUT2D eigenvalue weighted by atomic mass is 35.5. The number of nitrogens with one attached hydrogen (secondary N) is 1. The van der Waals surface area contributed by atoms with Gasteiger partial charge in [0.2, 0.25) is 0 Å². The van der Waals surface area contributed by atoms with Gasteiger partial charge in [0.15, 0.2) is 9.84 Å². The van der Waals surface area contributed by atoms with Crippen molar-refractivity contribution in [1.29, 1.82) is 0 Å². The van der Waals surface area contributed by atoms with Crippen LogP contribution in [0.4, 0.5) is 11.4 Å². The van der Waals surface area contributed by atoms with Crippen LogP contribution < -0.4 is 5.32 Å². The zero-order chi connectivity index (χ0) is 20.3. The summed E-state index contributed by atoms with van der Waals surface area (Å²) < 4.78 is 24.1. The van der Waals surface area contributed by atoms with Gasteiger partial charge in [-0.15, -0.1) is 0 Å². The number of nitro groups is 1. The predicted molar refractivity (Wildman–Crippen MR) is 110 cm³/mol. The van der Waals surface area contributed by atoms with Crippen LogP contribution >= 0.6 is 11.6 Å². The number of nitro benzene ring substituents is 1. The number of benzene rings is 3. The van der Waals surface area contributed by atoms with Gasteiger partial charge in [-0.25, -0.2) is 8.42 Å². The zero-order valence-electron chi connectivity index (χ0n) is 14.9. The quantitative estimate of drug-likeness (QED) is 0.458. The van der Waals surface area contributed by atoms with Gasteiger partial charge in [0, 0.05) is 23.0 Å². The minimum atomic E-state index is -3.78. The monoisotopic (exact) mass is 416 g/mol. The fourth-order valence-corrected chi connectivity index (χ4v) is 3.97. The van der Waals surface area contributed by atoms with Crippen LogP contribution in [-0.2, 0) is 9.84 Å². The number of sulfone groups is 1. The molecule has 0 bridgehead atoms. The first-order chi connectivity index (χ1) is 13.3. The van der Waals surface area contributed by atoms with E-state index in [4.69, 9.17) is 11.6 Å². The second kappa shape index (κ2) is 8.00. The summed E-state index contributed by atoms with van der Waals surface area (Å²) in [6.45, 7) is 0. The summed E-state index contributed by atoms with van der Waals surface area (Å²) in [7, 11) is -3.78. The molecule has 3 aromatic rings. The minimum absolute atomic E-state index is 0.325. The Labute approximate surface area is 167 Å². The molecular weight excluding hydrogens is 400 g/mol. The first-order valence-electron chi connectivity index (χ1n) is 8.31. The number of rotatable bonds is 6. The van der Waals surface area contributed by atoms with Gasteiger partial charge in [-0.3, -0.25) is 10.1 Å². The molecule has 1 atom stereocenters. The average Bonchev–Trinajstić information content (AvgIpc) is 2.66. The second-order valence-corrected chi connectivity index (χ2v) is 8.68. The van der Waals surface area contributed by atoms with E-state index < -0.39 is 20.4 Å². The normalized spacial score (nSPS) is 12.4. The van der Waals surface area contributed by atoms with Gasteiger partial charge in [0.1, 0.15) is 4.90 Å². The van der Waals surface area contributed by atoms with Gasteiger partial charge >= 0.3 is 0 Å². The van der Waals surface area contributed by atoms with Gasteiger partial charge in [0.25, 0.3) is 5.69 Å². The molecule has 0 radical (unpaired) electrons. The third-order valence-corrected chi connectivity index (χ3v) is 5.54. The van der Waals surface area contributed by atoms with Crippen LogP contribution in [0.5, 0.6) is 0 Å². The van der Waals surface area contributed by atoms with Crippen LogP contribution in [0, 0.1) is 10.1 Å². The number of hydrogen-bond acceptors (Lipinski definition) is 5. The fraction of sp³-hybridized carbons (Fsp3) is 0.100. The average molecular weight is 417 g/mol. The number of halogens is 1. The van der Waals surface area contributed by atoms with E-state index in [9.17, 15) is 18.5 Å². The molecule has 28 heavy (non-hydrogen) atoms. The van der Waals surface area contributed by atoms with E-state index in [-0.39, 0.29) is 10.9 Å². The summed E-state index contributed by atoms with van der Waals surface area (Å²) in [6, 6.07) is 20.5. The van der Waals surface area contributed by atoms with Crippen LogP contribution in [0.2, 0.25) is 5.02 Å². The highest BCUT2D eigenvalue weighted by Crippen LogP contribution is 2.32. The van der Waals surface area contributed by atoms with Gasteiger partial charge in [0.05, 0.1) is 11.0 Å². The lowest BCUT2D eigenvalue weighted by molar-refractivity contribution is -0.387. The molecule has 0 aliphatic carbocycles. The third kappa shape index (κ3) is 4.49. The molecule has 1 N–H and O–H groups in total. The molecule has 0 heterocycles. The van der Waals surface area contributed by atoms with E-state index in [1.807, 2.05) is 48.5 Å². The van der Waals surface area contributed by atoms with Crippen molar-refractivity contribution in [1.82, 2.24) is 0 Å². The summed E-state index contributed by atoms with van der Waals surface area (Å²) in [6.07, 6.45) is 0.949. The standard InChI is InChI=1S/C20H17ClN2O4S/c1-28(26,27)19-13-17(10-11-18(19)23(24)25)22-20(14-6-3-2-4-7-14)15-8-5-9-16(21)12-15/h2-13,20,22H,1H3. The SMILES string of the molecule is CS(=O)(=O)c1cc(NC(c2ccccc2)c2cccc(Cl)c2)ccc1[N+](=O)[O-]. The molecule has 1 unspecified atom stereocenters. The molecule has 0 amide bonds. The van der Waals surface area contributed by atoms with Crippen molar-refractivity contribution in [3.63, 3.8) is 0 Å². The Morgan fingerprint density at radius 3 is 2.25 bits per heavy atom. The lowest BCUT2D eigenvalue weighted by Gasteiger charge is -2.21. The fourth-order valence-electron chi connectivity index (χ4n) is 2.91. The van der Waals surface area contributed by atoms with E-state index >= 15 is 0 Å². The maximum absolute atomic E-state index is 12.0. The molecule has 0 aliphatic heterocycles. The number of nitrogens with zero attached hydrogens (tertiary/aromatic N) is 1. The Kier molecular flexibility index (Phi) is 5.67. The largest absolute Gasteiger partial charge is 0.374 e. The van der Waals surface area contributed by atoms with E-state index in [1.54, 1.807) is 6.07 Å². The molecule has 0 spiro atoms. The van der Waals surface area contributed by atoms with Crippen molar-refractivity contribution in [2.75, 3.05) is 11.6 Å². The van der Waals surface area contributed by atoms with Gasteiger partial charge < -0.3 is 5.32 Å². The summed E-state index contributed by atoms with van der Waals surface area (Å²) in [5, 5.41) is 15.0. The molecule has 0 fully saturated rings. The maximum atomic E-state index is 12.0. The molecule has 0 aliphatic rings. The van der Waals surface area contributed by atoms with Crippen molar-refractivity contribution >= 4 is 32.8 Å². The summed E-state index contributed by atoms with van der Waals surface area (Å²) in [5.41, 5.74) is 1.80. The number of hydrogen-bond donors (Lipinski definition) is 1. The molecule has 0 saturated heterocycles. The Morgan fingerprint density at radius 2 is 1.64 bits per heavy atom. The molecule has 144 valence electrons. The summed E-state index contributed by atoms with van der Waals surface area (Å²) in [5.74, 6) is 0. The second-order valence-electron chi connectivity index (χ2n) is 6.25. The van der Waals surface area contributed by atoms with Crippen LogP contribution in [0.1, 0.15) is 17.2 Å². The Morgan fingerprint density at radius 1 is 0.964 bits per heavy atom. The maximum Gasteiger partial charge on any atom is 0.288 e. The summed E-state index contributed by atoms with van der Waals surface area (Å²) >= 11 is 6.14. The Balaban J connectivity index is 2.08. The Hall–Kier alpha value is -2.90. The van der Waals surface area contributed by atoms with Crippen LogP contribution in [0.25, 0.3) is 0 Å². The van der Waals surface area contributed by atoms with Crippen LogP contribution in [0.15, 0.2) is 77.7 Å². The predicted octanol–water partition coefficient (Wildman–Crippen LogP) is 4.85. The van der Waals surface area contributed by atoms with Crippen LogP contribution in [0.3, 0.4) is 0 Å². The van der Waals surface area contributed by atoms with Crippen LogP contribution in [-0.4, -0.2) is 19.6 Å². The molecular formula is C20H17ClN2O4S. The van der Waals surface area contributed by atoms with E-state index in [0.29, 0.717) is 10.7 Å². The summed E-state index contributed by atoms with van der Waals surface area (Å²) in [4.78, 5) is 10.2. The Bertz CT molecular complexity index is 1120. The third-order valence-electron chi connectivity index (χ3n) is 4.18. The lowest BCUT2D eigenvalue weighted by atomic mass is 9.98. The molecule has 3 aromatic carbocycles. The van der Waals surface area contributed by atoms with Crippen molar-refractivity contribution in [3.8, 4) is 0 Å². The van der Waals surface area contributed by atoms with Gasteiger partial charge in [-0.05, 0) is 35.4 Å². The van der Waals surface area contributed by atoms with Gasteiger partial charge in [-0.2, -0.15) is 0 Å². The smallest absolute Gasteiger partial charge is 0.288 e. The topological polar surface area (TPSA) is 89.3 Å². The first-order valence-corrected chi connectivity index (χ1v) is 10.6. The first kappa shape index (κ1) is 19.9. The number of anilines is 1. The van der Waals surface area contributed by atoms with Crippen molar-refractivity contribution in [2.24, 2.45) is 0 Å². The highest BCUT2D eigenvalue weighted by molar-refractivity contribution is 7.90. The van der Waals surface area contributed by atoms with E-state index in [0.717, 1.165) is 17.4 Å². The zero-order valence-corrected chi connectivity index (χ0v) is 16.4. The van der Waals surface area contributed by atoms with Crippen molar-refractivity contribution in [2.45, 2.75) is 10.9 Å². The molecule has 6 nitrogen and oxygen atoms in total. The lowest BCUT2D eigenvalue weighted by Crippen LogP contribution is -2.13. The molecule has 0 saturated carbocycles. The highest BCUT2D eigenvalue weighted by Gasteiger charge is 2.23. The van der Waals surface area contributed by atoms with Crippen molar-refractivity contribution in [3.05, 3.63) is 99.1 Å². The van der Waals surface area contributed by atoms with Crippen molar-refractivity contribution < 1.29 is 13.3 Å². The van der Waals surface area contributed by atoms with Gasteiger partial charge in [-0.1, -0.05) is 54.1 Å². The molecule has 0 aromatic heterocycles. The van der Waals surface area contributed by atoms with E-state index in [2.05, 4.69) is 5.32 Å². The minimum Gasteiger partial charge on any atom is -0.374 e. The van der Waals surface area contributed by atoms with E-state index in [1.165, 1.54) is 18.2 Å². The molecule has 3 rings (SSSR count). The molecule has 8 heteroatoms.